The summed E-state index contributed by atoms with van der Waals surface area (Å²) in [6.07, 6.45) is 1.39. The van der Waals surface area contributed by atoms with Crippen molar-refractivity contribution in [2.24, 2.45) is 0 Å². The summed E-state index contributed by atoms with van der Waals surface area (Å²) in [5.74, 6) is 2.41. The zero-order valence-corrected chi connectivity index (χ0v) is 23.3. The first-order valence-corrected chi connectivity index (χ1v) is 13.0. The first kappa shape index (κ1) is 27.2. The molecule has 0 aliphatic rings. The van der Waals surface area contributed by atoms with E-state index >= 15 is 0 Å². The fraction of sp³-hybridized carbons (Fsp3) is 0.562. The van der Waals surface area contributed by atoms with E-state index in [1.165, 1.54) is 50.8 Å². The van der Waals surface area contributed by atoms with Gasteiger partial charge in [-0.25, -0.2) is 0 Å². The highest BCUT2D eigenvalue weighted by molar-refractivity contribution is 5.87. The number of aliphatic hydroxyl groups is 1. The van der Waals surface area contributed by atoms with Crippen molar-refractivity contribution in [2.45, 2.75) is 119 Å². The van der Waals surface area contributed by atoms with Crippen LogP contribution in [0.25, 0.3) is 5.57 Å². The van der Waals surface area contributed by atoms with Crippen LogP contribution in [0.4, 0.5) is 0 Å². The third-order valence-corrected chi connectivity index (χ3v) is 6.93. The molecule has 2 aromatic carbocycles. The van der Waals surface area contributed by atoms with Gasteiger partial charge in [-0.3, -0.25) is 0 Å². The molecule has 0 aliphatic heterocycles. The first-order chi connectivity index (χ1) is 15.3. The second-order valence-corrected chi connectivity index (χ2v) is 11.6. The Labute approximate surface area is 204 Å². The fourth-order valence-electron chi connectivity index (χ4n) is 4.79. The molecule has 0 aromatic heterocycles. The van der Waals surface area contributed by atoms with E-state index in [4.69, 9.17) is 0 Å². The Hall–Kier alpha value is -2.02. The van der Waals surface area contributed by atoms with Crippen LogP contribution in [0.5, 0.6) is 0 Å². The molecule has 2 rings (SSSR count). The monoisotopic (exact) mass is 448 g/mol. The fourth-order valence-corrected chi connectivity index (χ4v) is 4.79. The summed E-state index contributed by atoms with van der Waals surface area (Å²) in [7, 11) is 0. The van der Waals surface area contributed by atoms with Crippen molar-refractivity contribution in [1.82, 2.24) is 0 Å². The Balaban J connectivity index is 3.05. The van der Waals surface area contributed by atoms with Gasteiger partial charge in [0.1, 0.15) is 0 Å². The van der Waals surface area contributed by atoms with Crippen molar-refractivity contribution in [1.29, 1.82) is 0 Å². The third-order valence-electron chi connectivity index (χ3n) is 6.93. The normalized spacial score (nSPS) is 12.2. The van der Waals surface area contributed by atoms with Crippen molar-refractivity contribution < 1.29 is 5.11 Å². The molecule has 0 unspecified atom stereocenters. The smallest absolute Gasteiger partial charge is 0.0876 e. The number of rotatable bonds is 8. The molecule has 0 fully saturated rings. The first-order valence-electron chi connectivity index (χ1n) is 13.0. The summed E-state index contributed by atoms with van der Waals surface area (Å²) < 4.78 is 0. The molecule has 1 heteroatoms. The van der Waals surface area contributed by atoms with Crippen LogP contribution in [0, 0.1) is 0 Å². The maximum Gasteiger partial charge on any atom is 0.0876 e. The molecule has 1 nitrogen and oxygen atoms in total. The molecule has 2 aromatic rings. The van der Waals surface area contributed by atoms with E-state index in [0.717, 1.165) is 5.57 Å². The average molecular weight is 449 g/mol. The minimum atomic E-state index is 0.367. The van der Waals surface area contributed by atoms with Crippen molar-refractivity contribution >= 4 is 5.57 Å². The van der Waals surface area contributed by atoms with Gasteiger partial charge in [0.15, 0.2) is 0 Å². The highest BCUT2D eigenvalue weighted by Gasteiger charge is 2.26. The van der Waals surface area contributed by atoms with Gasteiger partial charge in [0, 0.05) is 5.57 Å². The zero-order chi connectivity index (χ0) is 25.2. The van der Waals surface area contributed by atoms with Crippen molar-refractivity contribution in [3.05, 3.63) is 75.0 Å². The number of benzene rings is 2. The van der Waals surface area contributed by atoms with Gasteiger partial charge in [-0.2, -0.15) is 0 Å². The molecular weight excluding hydrogens is 400 g/mol. The SMILES string of the molecule is CC(C)c1cc(C(C)C)c(C(=CO)c2c(C(C)C)cc(C(C)C)cc2C(C)C)c(C(C)C)c1. The van der Waals surface area contributed by atoms with Gasteiger partial charge < -0.3 is 5.11 Å². The maximum absolute atomic E-state index is 10.9. The largest absolute Gasteiger partial charge is 0.515 e. The molecule has 0 spiro atoms. The summed E-state index contributed by atoms with van der Waals surface area (Å²) >= 11 is 0. The van der Waals surface area contributed by atoms with Crippen LogP contribution >= 0.6 is 0 Å². The highest BCUT2D eigenvalue weighted by atomic mass is 16.2. The van der Waals surface area contributed by atoms with Crippen LogP contribution in [-0.4, -0.2) is 5.11 Å². The Morgan fingerprint density at radius 1 is 0.485 bits per heavy atom. The highest BCUT2D eigenvalue weighted by Crippen LogP contribution is 2.43. The molecule has 0 saturated heterocycles. The van der Waals surface area contributed by atoms with E-state index in [1.54, 1.807) is 0 Å². The van der Waals surface area contributed by atoms with Crippen LogP contribution in [0.15, 0.2) is 30.5 Å². The number of aliphatic hydroxyl groups excluding tert-OH is 1. The van der Waals surface area contributed by atoms with Crippen molar-refractivity contribution in [2.75, 3.05) is 0 Å². The molecule has 0 bridgehead atoms. The van der Waals surface area contributed by atoms with Crippen LogP contribution in [0.1, 0.15) is 163 Å². The molecule has 0 saturated carbocycles. The van der Waals surface area contributed by atoms with Gasteiger partial charge in [0.05, 0.1) is 6.26 Å². The van der Waals surface area contributed by atoms with E-state index in [2.05, 4.69) is 107 Å². The van der Waals surface area contributed by atoms with Crippen molar-refractivity contribution in [3.63, 3.8) is 0 Å². The van der Waals surface area contributed by atoms with E-state index in [0.29, 0.717) is 35.5 Å². The molecule has 0 heterocycles. The second-order valence-electron chi connectivity index (χ2n) is 11.6. The second kappa shape index (κ2) is 10.9. The van der Waals surface area contributed by atoms with Gasteiger partial charge in [-0.05, 0) is 80.0 Å². The third kappa shape index (κ3) is 5.73. The van der Waals surface area contributed by atoms with Gasteiger partial charge in [-0.1, -0.05) is 107 Å². The molecule has 1 N–H and O–H groups in total. The Morgan fingerprint density at radius 2 is 0.727 bits per heavy atom. The van der Waals surface area contributed by atoms with E-state index in [9.17, 15) is 5.11 Å². The summed E-state index contributed by atoms with van der Waals surface area (Å²) in [6, 6.07) is 9.53. The zero-order valence-electron chi connectivity index (χ0n) is 23.3. The molecule has 33 heavy (non-hydrogen) atoms. The summed E-state index contributed by atoms with van der Waals surface area (Å²) in [5.41, 5.74) is 11.6. The van der Waals surface area contributed by atoms with Crippen LogP contribution < -0.4 is 0 Å². The van der Waals surface area contributed by atoms with Crippen LogP contribution in [0.2, 0.25) is 0 Å². The molecular formula is C32H48O. The summed E-state index contributed by atoms with van der Waals surface area (Å²) in [6.45, 7) is 27.3. The van der Waals surface area contributed by atoms with Gasteiger partial charge in [-0.15, -0.1) is 0 Å². The number of hydrogen-bond acceptors (Lipinski definition) is 1. The van der Waals surface area contributed by atoms with Crippen LogP contribution in [0.3, 0.4) is 0 Å². The minimum Gasteiger partial charge on any atom is -0.515 e. The summed E-state index contributed by atoms with van der Waals surface area (Å²) in [4.78, 5) is 0. The maximum atomic E-state index is 10.9. The van der Waals surface area contributed by atoms with Gasteiger partial charge >= 0.3 is 0 Å². The molecule has 0 radical (unpaired) electrons. The Morgan fingerprint density at radius 3 is 0.879 bits per heavy atom. The van der Waals surface area contributed by atoms with E-state index in [-0.39, 0.29) is 0 Å². The Bertz CT molecular complexity index is 848. The average Bonchev–Trinajstić information content (AvgIpc) is 2.72. The molecule has 0 aliphatic carbocycles. The van der Waals surface area contributed by atoms with E-state index < -0.39 is 0 Å². The van der Waals surface area contributed by atoms with Crippen LogP contribution in [-0.2, 0) is 0 Å². The predicted octanol–water partition coefficient (Wildman–Crippen LogP) is 10.4. The number of hydrogen-bond donors (Lipinski definition) is 1. The lowest BCUT2D eigenvalue weighted by atomic mass is 9.75. The minimum absolute atomic E-state index is 0.367. The lowest BCUT2D eigenvalue weighted by Crippen LogP contribution is -2.11. The van der Waals surface area contributed by atoms with E-state index in [1.807, 2.05) is 0 Å². The molecule has 0 amide bonds. The summed E-state index contributed by atoms with van der Waals surface area (Å²) in [5, 5.41) is 10.9. The lowest BCUT2D eigenvalue weighted by molar-refractivity contribution is 0.475. The van der Waals surface area contributed by atoms with Crippen molar-refractivity contribution in [3.8, 4) is 0 Å². The molecule has 0 atom stereocenters. The molecule has 182 valence electrons. The Kier molecular flexibility index (Phi) is 9.02. The lowest BCUT2D eigenvalue weighted by Gasteiger charge is -2.29. The topological polar surface area (TPSA) is 20.2 Å². The van der Waals surface area contributed by atoms with Gasteiger partial charge in [0.2, 0.25) is 0 Å². The standard InChI is InChI=1S/C32H48O/c1-18(2)24-13-26(20(5)6)31(27(14-24)21(7)8)30(17-33)32-28(22(9)10)15-25(19(3)4)16-29(32)23(11)12/h13-23,33H,1-12H3. The quantitative estimate of drug-likeness (QED) is 0.398. The predicted molar refractivity (Wildman–Crippen MR) is 147 cm³/mol. The van der Waals surface area contributed by atoms with Gasteiger partial charge in [0.25, 0.3) is 0 Å².